The van der Waals surface area contributed by atoms with Gasteiger partial charge in [-0.3, -0.25) is 9.20 Å². The number of hydrogen-bond acceptors (Lipinski definition) is 3. The van der Waals surface area contributed by atoms with Crippen LogP contribution < -0.4 is 4.74 Å². The monoisotopic (exact) mass is 335 g/mol. The van der Waals surface area contributed by atoms with E-state index in [4.69, 9.17) is 4.74 Å². The van der Waals surface area contributed by atoms with E-state index in [1.165, 1.54) is 5.56 Å². The fraction of sp³-hybridized carbons (Fsp3) is 0.300. The molecule has 1 aliphatic heterocycles. The van der Waals surface area contributed by atoms with Gasteiger partial charge in [-0.15, -0.1) is 0 Å². The first-order chi connectivity index (χ1) is 12.2. The number of amides is 1. The van der Waals surface area contributed by atoms with E-state index in [9.17, 15) is 4.79 Å². The maximum absolute atomic E-state index is 13.1. The molecule has 4 rings (SSSR count). The van der Waals surface area contributed by atoms with Gasteiger partial charge in [0.2, 0.25) is 0 Å². The summed E-state index contributed by atoms with van der Waals surface area (Å²) in [6.45, 7) is 3.41. The van der Waals surface area contributed by atoms with Crippen molar-refractivity contribution in [3.63, 3.8) is 0 Å². The van der Waals surface area contributed by atoms with Gasteiger partial charge in [-0.1, -0.05) is 18.2 Å². The SMILES string of the molecule is COc1ccc([C@H]2CCN(C(=O)c3c(C)nc4ccccn34)C2)cc1. The van der Waals surface area contributed by atoms with Gasteiger partial charge in [0.15, 0.2) is 0 Å². The minimum atomic E-state index is 0.0622. The lowest BCUT2D eigenvalue weighted by atomic mass is 9.98. The van der Waals surface area contributed by atoms with Crippen LogP contribution in [0.1, 0.15) is 34.1 Å². The lowest BCUT2D eigenvalue weighted by Gasteiger charge is -2.17. The van der Waals surface area contributed by atoms with Crippen LogP contribution >= 0.6 is 0 Å². The van der Waals surface area contributed by atoms with Gasteiger partial charge < -0.3 is 9.64 Å². The summed E-state index contributed by atoms with van der Waals surface area (Å²) in [4.78, 5) is 19.5. The van der Waals surface area contributed by atoms with Crippen molar-refractivity contribution in [1.29, 1.82) is 0 Å². The highest BCUT2D eigenvalue weighted by molar-refractivity contribution is 5.95. The van der Waals surface area contributed by atoms with Crippen LogP contribution in [0.15, 0.2) is 48.7 Å². The van der Waals surface area contributed by atoms with Crippen LogP contribution in [-0.2, 0) is 0 Å². The Bertz CT molecular complexity index is 914. The second-order valence-corrected chi connectivity index (χ2v) is 6.48. The first-order valence-electron chi connectivity index (χ1n) is 8.54. The van der Waals surface area contributed by atoms with Crippen molar-refractivity contribution >= 4 is 11.6 Å². The number of aryl methyl sites for hydroxylation is 1. The van der Waals surface area contributed by atoms with Crippen LogP contribution in [0.4, 0.5) is 0 Å². The molecule has 0 radical (unpaired) electrons. The van der Waals surface area contributed by atoms with E-state index in [0.717, 1.165) is 36.6 Å². The number of nitrogens with zero attached hydrogens (tertiary/aromatic N) is 3. The van der Waals surface area contributed by atoms with Gasteiger partial charge in [0.05, 0.1) is 12.8 Å². The predicted molar refractivity (Wildman–Crippen MR) is 96.2 cm³/mol. The lowest BCUT2D eigenvalue weighted by molar-refractivity contribution is 0.0783. The number of imidazole rings is 1. The van der Waals surface area contributed by atoms with E-state index in [-0.39, 0.29) is 5.91 Å². The van der Waals surface area contributed by atoms with Crippen LogP contribution in [-0.4, -0.2) is 40.4 Å². The predicted octanol–water partition coefficient (Wildman–Crippen LogP) is 3.28. The molecule has 25 heavy (non-hydrogen) atoms. The summed E-state index contributed by atoms with van der Waals surface area (Å²) in [7, 11) is 1.67. The van der Waals surface area contributed by atoms with Crippen LogP contribution in [0.2, 0.25) is 0 Å². The van der Waals surface area contributed by atoms with Crippen molar-refractivity contribution in [3.8, 4) is 5.75 Å². The van der Waals surface area contributed by atoms with Gasteiger partial charge in [-0.2, -0.15) is 0 Å². The van der Waals surface area contributed by atoms with Gasteiger partial charge >= 0.3 is 0 Å². The molecule has 0 aliphatic carbocycles. The molecule has 2 aromatic heterocycles. The fourth-order valence-corrected chi connectivity index (χ4v) is 3.61. The highest BCUT2D eigenvalue weighted by Crippen LogP contribution is 2.29. The number of methoxy groups -OCH3 is 1. The van der Waals surface area contributed by atoms with Crippen molar-refractivity contribution in [2.75, 3.05) is 20.2 Å². The molecule has 0 saturated carbocycles. The first-order valence-corrected chi connectivity index (χ1v) is 8.54. The summed E-state index contributed by atoms with van der Waals surface area (Å²) in [5, 5.41) is 0. The van der Waals surface area contributed by atoms with Crippen molar-refractivity contribution in [3.05, 3.63) is 65.6 Å². The van der Waals surface area contributed by atoms with Crippen molar-refractivity contribution < 1.29 is 9.53 Å². The zero-order chi connectivity index (χ0) is 17.4. The molecule has 1 fully saturated rings. The smallest absolute Gasteiger partial charge is 0.272 e. The maximum Gasteiger partial charge on any atom is 0.272 e. The Hall–Kier alpha value is -2.82. The van der Waals surface area contributed by atoms with Gasteiger partial charge in [0, 0.05) is 25.2 Å². The Labute approximate surface area is 146 Å². The molecule has 1 aromatic carbocycles. The Morgan fingerprint density at radius 3 is 2.76 bits per heavy atom. The number of hydrogen-bond donors (Lipinski definition) is 0. The van der Waals surface area contributed by atoms with Crippen molar-refractivity contribution in [2.45, 2.75) is 19.3 Å². The quantitative estimate of drug-likeness (QED) is 0.738. The van der Waals surface area contributed by atoms with Crippen molar-refractivity contribution in [1.82, 2.24) is 14.3 Å². The molecule has 0 unspecified atom stereocenters. The van der Waals surface area contributed by atoms with Gasteiger partial charge in [0.25, 0.3) is 5.91 Å². The Morgan fingerprint density at radius 2 is 2.00 bits per heavy atom. The van der Waals surface area contributed by atoms with E-state index in [0.29, 0.717) is 11.6 Å². The lowest BCUT2D eigenvalue weighted by Crippen LogP contribution is -2.30. The normalized spacial score (nSPS) is 17.2. The molecule has 3 aromatic rings. The standard InChI is InChI=1S/C20H21N3O2/c1-14-19(23-11-4-3-5-18(23)21-14)20(24)22-12-10-16(13-22)15-6-8-17(25-2)9-7-15/h3-9,11,16H,10,12-13H2,1-2H3/t16-/m0/s1. The van der Waals surface area contributed by atoms with E-state index in [2.05, 4.69) is 17.1 Å². The molecule has 0 N–H and O–H groups in total. The minimum Gasteiger partial charge on any atom is -0.497 e. The fourth-order valence-electron chi connectivity index (χ4n) is 3.61. The third-order valence-electron chi connectivity index (χ3n) is 4.97. The van der Waals surface area contributed by atoms with E-state index >= 15 is 0 Å². The second kappa shape index (κ2) is 6.24. The summed E-state index contributed by atoms with van der Waals surface area (Å²) in [5.74, 6) is 1.29. The highest BCUT2D eigenvalue weighted by Gasteiger charge is 2.30. The van der Waals surface area contributed by atoms with E-state index < -0.39 is 0 Å². The first kappa shape index (κ1) is 15.7. The number of carbonyl (C=O) groups excluding carboxylic acids is 1. The molecule has 128 valence electrons. The number of carbonyl (C=O) groups is 1. The summed E-state index contributed by atoms with van der Waals surface area (Å²) in [6.07, 6.45) is 2.88. The second-order valence-electron chi connectivity index (χ2n) is 6.48. The van der Waals surface area contributed by atoms with Gasteiger partial charge in [-0.25, -0.2) is 4.98 Å². The average Bonchev–Trinajstić information content (AvgIpc) is 3.25. The molecule has 5 nitrogen and oxygen atoms in total. The van der Waals surface area contributed by atoms with E-state index in [1.54, 1.807) is 7.11 Å². The molecule has 1 aliphatic rings. The molecule has 0 spiro atoms. The largest absolute Gasteiger partial charge is 0.497 e. The molecule has 1 atom stereocenters. The van der Waals surface area contributed by atoms with Crippen LogP contribution in [0.5, 0.6) is 5.75 Å². The zero-order valence-electron chi connectivity index (χ0n) is 14.5. The number of fused-ring (bicyclic) bond motifs is 1. The molecular formula is C20H21N3O2. The average molecular weight is 335 g/mol. The number of likely N-dealkylation sites (tertiary alicyclic amines) is 1. The number of aromatic nitrogens is 2. The Morgan fingerprint density at radius 1 is 1.20 bits per heavy atom. The topological polar surface area (TPSA) is 46.8 Å². The number of benzene rings is 1. The van der Waals surface area contributed by atoms with E-state index in [1.807, 2.05) is 52.8 Å². The Balaban J connectivity index is 1.56. The van der Waals surface area contributed by atoms with Crippen LogP contribution in [0, 0.1) is 6.92 Å². The minimum absolute atomic E-state index is 0.0622. The summed E-state index contributed by atoms with van der Waals surface area (Å²) < 4.78 is 7.11. The van der Waals surface area contributed by atoms with Crippen LogP contribution in [0.3, 0.4) is 0 Å². The number of rotatable bonds is 3. The van der Waals surface area contributed by atoms with Crippen LogP contribution in [0.25, 0.3) is 5.65 Å². The molecule has 1 saturated heterocycles. The number of pyridine rings is 1. The molecule has 1 amide bonds. The van der Waals surface area contributed by atoms with Gasteiger partial charge in [-0.05, 0) is 43.2 Å². The summed E-state index contributed by atoms with van der Waals surface area (Å²) >= 11 is 0. The third-order valence-corrected chi connectivity index (χ3v) is 4.97. The maximum atomic E-state index is 13.1. The zero-order valence-corrected chi connectivity index (χ0v) is 14.5. The molecule has 3 heterocycles. The summed E-state index contributed by atoms with van der Waals surface area (Å²) in [6, 6.07) is 13.9. The highest BCUT2D eigenvalue weighted by atomic mass is 16.5. The Kier molecular flexibility index (Phi) is 3.92. The third kappa shape index (κ3) is 2.76. The molecule has 5 heteroatoms. The van der Waals surface area contributed by atoms with Crippen molar-refractivity contribution in [2.24, 2.45) is 0 Å². The molecule has 0 bridgehead atoms. The summed E-state index contributed by atoms with van der Waals surface area (Å²) in [5.41, 5.74) is 3.52. The molecular weight excluding hydrogens is 314 g/mol. The van der Waals surface area contributed by atoms with Gasteiger partial charge in [0.1, 0.15) is 17.1 Å². The number of ether oxygens (including phenoxy) is 1.